The van der Waals surface area contributed by atoms with Gasteiger partial charge in [0, 0.05) is 0 Å². The lowest BCUT2D eigenvalue weighted by molar-refractivity contribution is -0.284. The quantitative estimate of drug-likeness (QED) is 0.179. The van der Waals surface area contributed by atoms with Crippen molar-refractivity contribution in [3.8, 4) is 0 Å². The van der Waals surface area contributed by atoms with E-state index in [2.05, 4.69) is 59.4 Å². The summed E-state index contributed by atoms with van der Waals surface area (Å²) in [6.45, 7) is 12.1. The molecule has 0 radical (unpaired) electrons. The molecule has 32 heavy (non-hydrogen) atoms. The third kappa shape index (κ3) is 4.78. The Labute approximate surface area is 204 Å². The maximum absolute atomic E-state index is 9.20. The summed E-state index contributed by atoms with van der Waals surface area (Å²) in [4.78, 5) is 4.75. The van der Waals surface area contributed by atoms with Crippen LogP contribution in [0.4, 0.5) is 0 Å². The van der Waals surface area contributed by atoms with Crippen LogP contribution in [0.15, 0.2) is 23.3 Å². The standard InChI is InChI=1S/C28H46O2.CH4S/c1-6-20(19(2)3)8-7-9-21-11-13-25-24-12-10-22-18-23(30-29)14-16-28(22,5)26(24)15-17-27(21,25)4;1-2/h6,10,19,21,23-26,29H,7-9,11-18H2,1-5H3;2H,1H3/b20-6-;. The Kier molecular flexibility index (Phi) is 9.06. The van der Waals surface area contributed by atoms with Crippen LogP contribution in [-0.2, 0) is 4.89 Å². The van der Waals surface area contributed by atoms with Crippen LogP contribution in [0.2, 0.25) is 0 Å². The van der Waals surface area contributed by atoms with E-state index < -0.39 is 0 Å². The normalized spacial score (nSPS) is 41.2. The van der Waals surface area contributed by atoms with E-state index in [1.807, 2.05) is 0 Å². The molecule has 2 nitrogen and oxygen atoms in total. The summed E-state index contributed by atoms with van der Waals surface area (Å²) >= 11 is 3.53. The highest BCUT2D eigenvalue weighted by molar-refractivity contribution is 7.79. The maximum Gasteiger partial charge on any atom is 0.0964 e. The van der Waals surface area contributed by atoms with E-state index in [0.717, 1.165) is 36.5 Å². The van der Waals surface area contributed by atoms with E-state index >= 15 is 0 Å². The second kappa shape index (κ2) is 11.0. The first-order valence-corrected chi connectivity index (χ1v) is 14.3. The summed E-state index contributed by atoms with van der Waals surface area (Å²) in [5.74, 6) is 4.30. The molecule has 4 aliphatic rings. The molecule has 4 rings (SSSR count). The van der Waals surface area contributed by atoms with Crippen molar-refractivity contribution in [3.05, 3.63) is 23.3 Å². The number of fused-ring (bicyclic) bond motifs is 5. The zero-order valence-corrected chi connectivity index (χ0v) is 22.6. The SMILES string of the molecule is C/C=C(/CCCC1CCC2C3CC=C4CC(OO)CCC4(C)C3CCC12C)C(C)C.CS. The Morgan fingerprint density at radius 2 is 1.91 bits per heavy atom. The van der Waals surface area contributed by atoms with Gasteiger partial charge in [-0.25, -0.2) is 4.89 Å². The topological polar surface area (TPSA) is 29.5 Å². The maximum atomic E-state index is 9.20. The van der Waals surface area contributed by atoms with E-state index in [9.17, 15) is 5.26 Å². The van der Waals surface area contributed by atoms with Crippen LogP contribution in [-0.4, -0.2) is 17.6 Å². The largest absolute Gasteiger partial charge is 0.252 e. The van der Waals surface area contributed by atoms with Gasteiger partial charge in [0.1, 0.15) is 0 Å². The molecule has 0 aliphatic heterocycles. The van der Waals surface area contributed by atoms with Crippen molar-refractivity contribution >= 4 is 12.6 Å². The molecule has 7 unspecified atom stereocenters. The van der Waals surface area contributed by atoms with Gasteiger partial charge >= 0.3 is 0 Å². The van der Waals surface area contributed by atoms with Crippen LogP contribution in [0.3, 0.4) is 0 Å². The van der Waals surface area contributed by atoms with Gasteiger partial charge in [0.05, 0.1) is 6.10 Å². The van der Waals surface area contributed by atoms with Crippen LogP contribution in [0.5, 0.6) is 0 Å². The minimum Gasteiger partial charge on any atom is -0.252 e. The summed E-state index contributed by atoms with van der Waals surface area (Å²) in [5, 5.41) is 9.20. The number of thiol groups is 1. The highest BCUT2D eigenvalue weighted by Crippen LogP contribution is 2.66. The summed E-state index contributed by atoms with van der Waals surface area (Å²) < 4.78 is 0. The third-order valence-corrected chi connectivity index (χ3v) is 10.5. The van der Waals surface area contributed by atoms with E-state index in [1.54, 1.807) is 17.4 Å². The molecule has 0 heterocycles. The average Bonchev–Trinajstić information content (AvgIpc) is 3.13. The minimum atomic E-state index is 0.0264. The van der Waals surface area contributed by atoms with Gasteiger partial charge in [-0.1, -0.05) is 51.0 Å². The van der Waals surface area contributed by atoms with E-state index in [-0.39, 0.29) is 6.10 Å². The predicted molar refractivity (Wildman–Crippen MR) is 140 cm³/mol. The van der Waals surface area contributed by atoms with Gasteiger partial charge in [0.25, 0.3) is 0 Å². The van der Waals surface area contributed by atoms with Crippen molar-refractivity contribution in [2.45, 2.75) is 111 Å². The number of hydrogen-bond donors (Lipinski definition) is 2. The lowest BCUT2D eigenvalue weighted by Gasteiger charge is -2.58. The van der Waals surface area contributed by atoms with Gasteiger partial charge in [-0.15, -0.1) is 0 Å². The first-order valence-electron chi connectivity index (χ1n) is 13.4. The van der Waals surface area contributed by atoms with E-state index in [1.165, 1.54) is 57.8 Å². The van der Waals surface area contributed by atoms with Gasteiger partial charge in [-0.3, -0.25) is 5.26 Å². The van der Waals surface area contributed by atoms with Gasteiger partial charge < -0.3 is 0 Å². The van der Waals surface area contributed by atoms with E-state index in [4.69, 9.17) is 4.89 Å². The monoisotopic (exact) mass is 462 g/mol. The molecule has 0 aromatic rings. The van der Waals surface area contributed by atoms with Gasteiger partial charge in [0.2, 0.25) is 0 Å². The Hall–Kier alpha value is -0.250. The van der Waals surface area contributed by atoms with Crippen molar-refractivity contribution in [1.82, 2.24) is 0 Å². The molecule has 0 spiro atoms. The fourth-order valence-corrected chi connectivity index (χ4v) is 8.62. The van der Waals surface area contributed by atoms with E-state index in [0.29, 0.717) is 16.7 Å². The predicted octanol–water partition coefficient (Wildman–Crippen LogP) is 8.74. The fraction of sp³-hybridized carbons (Fsp3) is 0.862. The van der Waals surface area contributed by atoms with Crippen molar-refractivity contribution in [1.29, 1.82) is 0 Å². The third-order valence-electron chi connectivity index (χ3n) is 10.5. The fourth-order valence-electron chi connectivity index (χ4n) is 8.62. The summed E-state index contributed by atoms with van der Waals surface area (Å²) in [6, 6.07) is 0. The minimum absolute atomic E-state index is 0.0264. The second-order valence-corrected chi connectivity index (χ2v) is 12.0. The highest BCUT2D eigenvalue weighted by Gasteiger charge is 2.58. The van der Waals surface area contributed by atoms with Crippen molar-refractivity contribution in [2.24, 2.45) is 40.4 Å². The van der Waals surface area contributed by atoms with Crippen LogP contribution >= 0.6 is 12.6 Å². The molecule has 0 aromatic carbocycles. The molecular weight excluding hydrogens is 412 g/mol. The lowest BCUT2D eigenvalue weighted by Crippen LogP contribution is -2.50. The van der Waals surface area contributed by atoms with Crippen molar-refractivity contribution < 1.29 is 10.1 Å². The smallest absolute Gasteiger partial charge is 0.0964 e. The number of rotatable bonds is 6. The molecule has 3 fully saturated rings. The number of allylic oxidation sites excluding steroid dienone is 3. The highest BCUT2D eigenvalue weighted by atomic mass is 32.1. The lowest BCUT2D eigenvalue weighted by atomic mass is 9.47. The van der Waals surface area contributed by atoms with Crippen LogP contribution < -0.4 is 0 Å². The van der Waals surface area contributed by atoms with Gasteiger partial charge in [-0.05, 0) is 124 Å². The van der Waals surface area contributed by atoms with Crippen molar-refractivity contribution in [2.75, 3.05) is 6.26 Å². The molecule has 0 aromatic heterocycles. The molecule has 1 N–H and O–H groups in total. The zero-order chi connectivity index (χ0) is 23.5. The zero-order valence-electron chi connectivity index (χ0n) is 21.7. The Bertz CT molecular complexity index is 683. The first-order chi connectivity index (χ1) is 15.3. The Balaban J connectivity index is 0.00000141. The molecular formula is C29H50O2S. The van der Waals surface area contributed by atoms with Crippen molar-refractivity contribution in [3.63, 3.8) is 0 Å². The molecule has 0 saturated heterocycles. The summed E-state index contributed by atoms with van der Waals surface area (Å²) in [5.41, 5.74) is 4.18. The molecule has 0 bridgehead atoms. The second-order valence-electron chi connectivity index (χ2n) is 12.0. The first kappa shape index (κ1) is 26.4. The molecule has 184 valence electrons. The molecule has 4 aliphatic carbocycles. The molecule has 7 atom stereocenters. The van der Waals surface area contributed by atoms with Crippen LogP contribution in [0.1, 0.15) is 105 Å². The molecule has 0 amide bonds. The molecule has 3 saturated carbocycles. The van der Waals surface area contributed by atoms with Crippen LogP contribution in [0.25, 0.3) is 0 Å². The van der Waals surface area contributed by atoms with Gasteiger partial charge in [0.15, 0.2) is 0 Å². The average molecular weight is 463 g/mol. The van der Waals surface area contributed by atoms with Crippen LogP contribution in [0, 0.1) is 40.4 Å². The Morgan fingerprint density at radius 3 is 2.56 bits per heavy atom. The number of hydrogen-bond acceptors (Lipinski definition) is 3. The summed E-state index contributed by atoms with van der Waals surface area (Å²) in [6.07, 6.45) is 21.0. The summed E-state index contributed by atoms with van der Waals surface area (Å²) in [7, 11) is 0. The van der Waals surface area contributed by atoms with Gasteiger partial charge in [-0.2, -0.15) is 12.6 Å². The molecule has 3 heteroatoms. The Morgan fingerprint density at radius 1 is 1.16 bits per heavy atom.